The largest absolute Gasteiger partial charge is 0.479 e. The van der Waals surface area contributed by atoms with Gasteiger partial charge in [0.25, 0.3) is 0 Å². The van der Waals surface area contributed by atoms with Gasteiger partial charge in [0.15, 0.2) is 6.10 Å². The summed E-state index contributed by atoms with van der Waals surface area (Å²) in [6.07, 6.45) is -1.19. The van der Waals surface area contributed by atoms with Gasteiger partial charge in [0.2, 0.25) is 5.88 Å². The molecule has 0 amide bonds. The van der Waals surface area contributed by atoms with E-state index in [2.05, 4.69) is 4.98 Å². The maximum atomic E-state index is 15.1. The average Bonchev–Trinajstić information content (AvgIpc) is 2.64. The molecule has 0 aliphatic rings. The minimum absolute atomic E-state index is 0.0549. The molecular formula is C22H21F2NO3. The fraction of sp³-hybridized carbons (Fsp3) is 0.273. The van der Waals surface area contributed by atoms with Crippen molar-refractivity contribution in [1.82, 2.24) is 4.98 Å². The van der Waals surface area contributed by atoms with Crippen LogP contribution in [0.2, 0.25) is 0 Å². The number of halogens is 2. The van der Waals surface area contributed by atoms with Gasteiger partial charge in [-0.15, -0.1) is 0 Å². The molecule has 0 radical (unpaired) electrons. The molecule has 146 valence electrons. The molecule has 0 saturated carbocycles. The van der Waals surface area contributed by atoms with E-state index in [1.807, 2.05) is 13.8 Å². The van der Waals surface area contributed by atoms with Crippen molar-refractivity contribution in [1.29, 1.82) is 0 Å². The zero-order valence-electron chi connectivity index (χ0n) is 16.1. The van der Waals surface area contributed by atoms with Crippen LogP contribution in [0.3, 0.4) is 0 Å². The standard InChI is InChI=1S/C22H21F2NO3/c1-11(2)20-17(14-6-8-15(23)9-7-14)16-10-5-12(3)19(24)18(16)21(25-20)28-13(4)22(26)27/h5-11,13H,1-4H3,(H,26,27)/t13-/m0/s1. The number of rotatable bonds is 5. The van der Waals surface area contributed by atoms with Gasteiger partial charge in [-0.3, -0.25) is 0 Å². The van der Waals surface area contributed by atoms with Gasteiger partial charge in [0, 0.05) is 5.56 Å². The number of fused-ring (bicyclic) bond motifs is 1. The van der Waals surface area contributed by atoms with Gasteiger partial charge in [0.05, 0.1) is 11.1 Å². The second kappa shape index (κ2) is 7.54. The summed E-state index contributed by atoms with van der Waals surface area (Å²) >= 11 is 0. The van der Waals surface area contributed by atoms with E-state index in [0.29, 0.717) is 27.8 Å². The Bertz CT molecular complexity index is 1050. The van der Waals surface area contributed by atoms with Crippen LogP contribution in [0.5, 0.6) is 5.88 Å². The summed E-state index contributed by atoms with van der Waals surface area (Å²) in [7, 11) is 0. The number of aromatic nitrogens is 1. The Kier molecular flexibility index (Phi) is 5.31. The van der Waals surface area contributed by atoms with Crippen LogP contribution < -0.4 is 4.74 Å². The van der Waals surface area contributed by atoms with E-state index in [1.54, 1.807) is 31.2 Å². The van der Waals surface area contributed by atoms with Gasteiger partial charge < -0.3 is 9.84 Å². The van der Waals surface area contributed by atoms with Crippen molar-refractivity contribution in [2.75, 3.05) is 0 Å². The van der Waals surface area contributed by atoms with Crippen LogP contribution in [0.25, 0.3) is 21.9 Å². The van der Waals surface area contributed by atoms with Crippen molar-refractivity contribution in [2.24, 2.45) is 0 Å². The van der Waals surface area contributed by atoms with Crippen molar-refractivity contribution in [2.45, 2.75) is 39.7 Å². The molecule has 1 aromatic heterocycles. The highest BCUT2D eigenvalue weighted by molar-refractivity contribution is 6.01. The zero-order chi connectivity index (χ0) is 20.6. The second-order valence-corrected chi connectivity index (χ2v) is 7.06. The summed E-state index contributed by atoms with van der Waals surface area (Å²) in [6, 6.07) is 9.34. The van der Waals surface area contributed by atoms with Crippen LogP contribution >= 0.6 is 0 Å². The van der Waals surface area contributed by atoms with Crippen LogP contribution in [0.4, 0.5) is 8.78 Å². The topological polar surface area (TPSA) is 59.4 Å². The van der Waals surface area contributed by atoms with E-state index in [-0.39, 0.29) is 23.0 Å². The number of aryl methyl sites for hydroxylation is 1. The molecular weight excluding hydrogens is 364 g/mol. The monoisotopic (exact) mass is 385 g/mol. The maximum Gasteiger partial charge on any atom is 0.344 e. The van der Waals surface area contributed by atoms with Crippen LogP contribution in [0.1, 0.15) is 37.9 Å². The molecule has 28 heavy (non-hydrogen) atoms. The number of nitrogens with zero attached hydrogens (tertiary/aromatic N) is 1. The number of hydrogen-bond donors (Lipinski definition) is 1. The fourth-order valence-electron chi connectivity index (χ4n) is 3.10. The molecule has 6 heteroatoms. The van der Waals surface area contributed by atoms with Gasteiger partial charge in [-0.1, -0.05) is 38.1 Å². The van der Waals surface area contributed by atoms with Crippen LogP contribution in [-0.4, -0.2) is 22.2 Å². The summed E-state index contributed by atoms with van der Waals surface area (Å²) in [4.78, 5) is 15.8. The minimum atomic E-state index is -1.19. The Morgan fingerprint density at radius 2 is 1.71 bits per heavy atom. The van der Waals surface area contributed by atoms with E-state index in [9.17, 15) is 14.3 Å². The molecule has 3 aromatic rings. The number of carboxylic acid groups (broad SMARTS) is 1. The van der Waals surface area contributed by atoms with Gasteiger partial charge in [-0.25, -0.2) is 18.6 Å². The molecule has 0 aliphatic carbocycles. The summed E-state index contributed by atoms with van der Waals surface area (Å²) in [5.74, 6) is -2.17. The fourth-order valence-corrected chi connectivity index (χ4v) is 3.10. The van der Waals surface area contributed by atoms with Crippen molar-refractivity contribution < 1.29 is 23.4 Å². The number of carbonyl (C=O) groups is 1. The summed E-state index contributed by atoms with van der Waals surface area (Å²) < 4.78 is 34.0. The quantitative estimate of drug-likeness (QED) is 0.633. The van der Waals surface area contributed by atoms with Gasteiger partial charge in [-0.05, 0) is 48.4 Å². The molecule has 1 atom stereocenters. The average molecular weight is 385 g/mol. The van der Waals surface area contributed by atoms with Crippen LogP contribution in [0.15, 0.2) is 36.4 Å². The Labute approximate surface area is 161 Å². The van der Waals surface area contributed by atoms with Crippen molar-refractivity contribution in [3.05, 3.63) is 59.3 Å². The molecule has 1 heterocycles. The number of carboxylic acids is 1. The Hall–Kier alpha value is -3.02. The lowest BCUT2D eigenvalue weighted by atomic mass is 9.92. The minimum Gasteiger partial charge on any atom is -0.479 e. The number of pyridine rings is 1. The Morgan fingerprint density at radius 3 is 2.29 bits per heavy atom. The predicted molar refractivity (Wildman–Crippen MR) is 104 cm³/mol. The summed E-state index contributed by atoms with van der Waals surface area (Å²) in [5, 5.41) is 9.86. The molecule has 2 aromatic carbocycles. The number of aliphatic carboxylic acids is 1. The lowest BCUT2D eigenvalue weighted by Gasteiger charge is -2.20. The number of benzene rings is 2. The van der Waals surface area contributed by atoms with Gasteiger partial charge >= 0.3 is 5.97 Å². The van der Waals surface area contributed by atoms with E-state index < -0.39 is 17.9 Å². The van der Waals surface area contributed by atoms with Gasteiger partial charge in [-0.2, -0.15) is 0 Å². The second-order valence-electron chi connectivity index (χ2n) is 7.06. The first-order chi connectivity index (χ1) is 13.2. The normalized spacial score (nSPS) is 12.4. The zero-order valence-corrected chi connectivity index (χ0v) is 16.1. The Balaban J connectivity index is 2.40. The third-order valence-corrected chi connectivity index (χ3v) is 4.61. The molecule has 3 rings (SSSR count). The highest BCUT2D eigenvalue weighted by Crippen LogP contribution is 2.40. The maximum absolute atomic E-state index is 15.1. The molecule has 0 bridgehead atoms. The van der Waals surface area contributed by atoms with E-state index in [4.69, 9.17) is 4.74 Å². The molecule has 0 fully saturated rings. The molecule has 1 N–H and O–H groups in total. The molecule has 0 spiro atoms. The van der Waals surface area contributed by atoms with E-state index >= 15 is 4.39 Å². The first-order valence-electron chi connectivity index (χ1n) is 8.98. The predicted octanol–water partition coefficient (Wildman–Crippen LogP) is 5.46. The van der Waals surface area contributed by atoms with Crippen molar-refractivity contribution >= 4 is 16.7 Å². The highest BCUT2D eigenvalue weighted by atomic mass is 19.1. The first-order valence-corrected chi connectivity index (χ1v) is 8.98. The third-order valence-electron chi connectivity index (χ3n) is 4.61. The highest BCUT2D eigenvalue weighted by Gasteiger charge is 2.24. The summed E-state index contributed by atoms with van der Waals surface area (Å²) in [6.45, 7) is 6.84. The molecule has 0 unspecified atom stereocenters. The lowest BCUT2D eigenvalue weighted by Crippen LogP contribution is -2.24. The smallest absolute Gasteiger partial charge is 0.344 e. The van der Waals surface area contributed by atoms with E-state index in [1.165, 1.54) is 19.1 Å². The lowest BCUT2D eigenvalue weighted by molar-refractivity contribution is -0.144. The third kappa shape index (κ3) is 3.54. The first kappa shape index (κ1) is 19.7. The van der Waals surface area contributed by atoms with Crippen LogP contribution in [0, 0.1) is 18.6 Å². The molecule has 0 saturated heterocycles. The molecule has 4 nitrogen and oxygen atoms in total. The summed E-state index contributed by atoms with van der Waals surface area (Å²) in [5.41, 5.74) is 2.39. The van der Waals surface area contributed by atoms with Crippen LogP contribution in [-0.2, 0) is 4.79 Å². The van der Waals surface area contributed by atoms with Gasteiger partial charge in [0.1, 0.15) is 11.6 Å². The number of hydrogen-bond acceptors (Lipinski definition) is 3. The van der Waals surface area contributed by atoms with Crippen molar-refractivity contribution in [3.8, 4) is 17.0 Å². The van der Waals surface area contributed by atoms with Crippen molar-refractivity contribution in [3.63, 3.8) is 0 Å². The number of ether oxygens (including phenoxy) is 1. The van der Waals surface area contributed by atoms with E-state index in [0.717, 1.165) is 0 Å². The molecule has 0 aliphatic heterocycles. The SMILES string of the molecule is Cc1ccc2c(-c3ccc(F)cc3)c(C(C)C)nc(O[C@@H](C)C(=O)O)c2c1F. The Morgan fingerprint density at radius 1 is 1.07 bits per heavy atom.